The van der Waals surface area contributed by atoms with Gasteiger partial charge in [-0.2, -0.15) is 0 Å². The van der Waals surface area contributed by atoms with Crippen molar-refractivity contribution in [2.24, 2.45) is 0 Å². The predicted octanol–water partition coefficient (Wildman–Crippen LogP) is 3.25. The van der Waals surface area contributed by atoms with Gasteiger partial charge < -0.3 is 10.2 Å². The zero-order valence-electron chi connectivity index (χ0n) is 14.9. The van der Waals surface area contributed by atoms with E-state index < -0.39 is 17.5 Å². The number of nitrogens with one attached hydrogen (secondary N) is 1. The van der Waals surface area contributed by atoms with E-state index in [-0.39, 0.29) is 24.6 Å². The summed E-state index contributed by atoms with van der Waals surface area (Å²) < 4.78 is 39.7. The van der Waals surface area contributed by atoms with Crippen LogP contribution in [0.2, 0.25) is 0 Å². The SMILES string of the molecule is O=C(CCNc1ccc(F)c(F)c1F)N1CCN(Cc2ccccc2)CC1. The van der Waals surface area contributed by atoms with Gasteiger partial charge in [-0.05, 0) is 17.7 Å². The molecule has 1 aliphatic rings. The van der Waals surface area contributed by atoms with Gasteiger partial charge in [0, 0.05) is 45.7 Å². The van der Waals surface area contributed by atoms with E-state index in [1.165, 1.54) is 5.56 Å². The second-order valence-electron chi connectivity index (χ2n) is 6.54. The molecule has 0 saturated carbocycles. The molecule has 0 radical (unpaired) electrons. The van der Waals surface area contributed by atoms with E-state index in [1.54, 1.807) is 4.90 Å². The van der Waals surface area contributed by atoms with Crippen molar-refractivity contribution >= 4 is 11.6 Å². The Morgan fingerprint density at radius 3 is 2.33 bits per heavy atom. The normalized spacial score (nSPS) is 15.0. The number of piperazine rings is 1. The second kappa shape index (κ2) is 8.90. The molecule has 1 N–H and O–H groups in total. The van der Waals surface area contributed by atoms with Crippen LogP contribution in [-0.2, 0) is 11.3 Å². The van der Waals surface area contributed by atoms with E-state index in [4.69, 9.17) is 0 Å². The van der Waals surface area contributed by atoms with E-state index in [1.807, 2.05) is 18.2 Å². The standard InChI is InChI=1S/C20H22F3N3O/c21-16-6-7-17(20(23)19(16)22)24-9-8-18(27)26-12-10-25(11-13-26)14-15-4-2-1-3-5-15/h1-7,24H,8-14H2. The lowest BCUT2D eigenvalue weighted by Gasteiger charge is -2.34. The molecule has 27 heavy (non-hydrogen) atoms. The van der Waals surface area contributed by atoms with Crippen LogP contribution in [0.3, 0.4) is 0 Å². The highest BCUT2D eigenvalue weighted by Crippen LogP contribution is 2.19. The van der Waals surface area contributed by atoms with Gasteiger partial charge in [0.25, 0.3) is 0 Å². The Bertz CT molecular complexity index is 778. The van der Waals surface area contributed by atoms with Crippen LogP contribution < -0.4 is 5.32 Å². The third-order valence-corrected chi connectivity index (χ3v) is 4.66. The molecule has 2 aromatic carbocycles. The topological polar surface area (TPSA) is 35.6 Å². The Morgan fingerprint density at radius 1 is 0.926 bits per heavy atom. The lowest BCUT2D eigenvalue weighted by molar-refractivity contribution is -0.132. The van der Waals surface area contributed by atoms with Crippen LogP contribution in [0.15, 0.2) is 42.5 Å². The van der Waals surface area contributed by atoms with Crippen molar-refractivity contribution in [3.05, 3.63) is 65.5 Å². The summed E-state index contributed by atoms with van der Waals surface area (Å²) in [5.74, 6) is -4.05. The van der Waals surface area contributed by atoms with Gasteiger partial charge in [0.15, 0.2) is 17.5 Å². The van der Waals surface area contributed by atoms with Crippen molar-refractivity contribution in [1.29, 1.82) is 0 Å². The molecule has 4 nitrogen and oxygen atoms in total. The highest BCUT2D eigenvalue weighted by Gasteiger charge is 2.21. The van der Waals surface area contributed by atoms with Gasteiger partial charge in [-0.3, -0.25) is 9.69 Å². The predicted molar refractivity (Wildman–Crippen MR) is 97.7 cm³/mol. The van der Waals surface area contributed by atoms with Crippen LogP contribution in [0.4, 0.5) is 18.9 Å². The second-order valence-corrected chi connectivity index (χ2v) is 6.54. The molecule has 7 heteroatoms. The van der Waals surface area contributed by atoms with Crippen molar-refractivity contribution in [3.63, 3.8) is 0 Å². The van der Waals surface area contributed by atoms with Crippen molar-refractivity contribution in [2.75, 3.05) is 38.0 Å². The van der Waals surface area contributed by atoms with Crippen LogP contribution in [0.5, 0.6) is 0 Å². The minimum Gasteiger partial charge on any atom is -0.382 e. The van der Waals surface area contributed by atoms with Crippen molar-refractivity contribution < 1.29 is 18.0 Å². The molecule has 0 unspecified atom stereocenters. The fourth-order valence-electron chi connectivity index (χ4n) is 3.12. The summed E-state index contributed by atoms with van der Waals surface area (Å²) in [5.41, 5.74) is 1.10. The minimum absolute atomic E-state index is 0.0372. The number of carbonyl (C=O) groups excluding carboxylic acids is 1. The van der Waals surface area contributed by atoms with E-state index in [9.17, 15) is 18.0 Å². The minimum atomic E-state index is -1.51. The van der Waals surface area contributed by atoms with Crippen molar-refractivity contribution in [1.82, 2.24) is 9.80 Å². The van der Waals surface area contributed by atoms with E-state index in [2.05, 4.69) is 22.3 Å². The molecular weight excluding hydrogens is 355 g/mol. The smallest absolute Gasteiger partial charge is 0.224 e. The first-order valence-corrected chi connectivity index (χ1v) is 8.96. The molecule has 0 aromatic heterocycles. The maximum Gasteiger partial charge on any atom is 0.224 e. The quantitative estimate of drug-likeness (QED) is 0.785. The number of benzene rings is 2. The summed E-state index contributed by atoms with van der Waals surface area (Å²) in [6.07, 6.45) is 0.164. The van der Waals surface area contributed by atoms with Gasteiger partial charge in [0.1, 0.15) is 0 Å². The van der Waals surface area contributed by atoms with Gasteiger partial charge >= 0.3 is 0 Å². The molecular formula is C20H22F3N3O. The number of carbonyl (C=O) groups is 1. The van der Waals surface area contributed by atoms with Crippen molar-refractivity contribution in [3.8, 4) is 0 Å². The van der Waals surface area contributed by atoms with E-state index >= 15 is 0 Å². The number of nitrogens with zero attached hydrogens (tertiary/aromatic N) is 2. The van der Waals surface area contributed by atoms with Gasteiger partial charge in [-0.15, -0.1) is 0 Å². The average molecular weight is 377 g/mol. The monoisotopic (exact) mass is 377 g/mol. The van der Waals surface area contributed by atoms with E-state index in [0.29, 0.717) is 13.1 Å². The Balaban J connectivity index is 1.41. The average Bonchev–Trinajstić information content (AvgIpc) is 2.69. The number of halogens is 3. The molecule has 2 aromatic rings. The maximum absolute atomic E-state index is 13.6. The Labute approximate surface area is 156 Å². The summed E-state index contributed by atoms with van der Waals surface area (Å²) in [7, 11) is 0. The van der Waals surface area contributed by atoms with E-state index in [0.717, 1.165) is 31.8 Å². The van der Waals surface area contributed by atoms with Gasteiger partial charge in [0.2, 0.25) is 5.91 Å². The lowest BCUT2D eigenvalue weighted by Crippen LogP contribution is -2.48. The molecule has 3 rings (SSSR count). The number of anilines is 1. The van der Waals surface area contributed by atoms with Crippen LogP contribution in [0.25, 0.3) is 0 Å². The Morgan fingerprint density at radius 2 is 1.63 bits per heavy atom. The van der Waals surface area contributed by atoms with Gasteiger partial charge in [-0.25, -0.2) is 13.2 Å². The zero-order valence-corrected chi connectivity index (χ0v) is 14.9. The molecule has 144 valence electrons. The fraction of sp³-hybridized carbons (Fsp3) is 0.350. The van der Waals surface area contributed by atoms with Crippen LogP contribution in [0, 0.1) is 17.5 Å². The molecule has 1 saturated heterocycles. The largest absolute Gasteiger partial charge is 0.382 e. The summed E-state index contributed by atoms with van der Waals surface area (Å²) in [4.78, 5) is 16.4. The summed E-state index contributed by atoms with van der Waals surface area (Å²) >= 11 is 0. The lowest BCUT2D eigenvalue weighted by atomic mass is 10.2. The summed E-state index contributed by atoms with van der Waals surface area (Å²) in [5, 5.41) is 2.65. The molecule has 0 aliphatic carbocycles. The highest BCUT2D eigenvalue weighted by atomic mass is 19.2. The fourth-order valence-corrected chi connectivity index (χ4v) is 3.12. The molecule has 1 heterocycles. The summed E-state index contributed by atoms with van der Waals surface area (Å²) in [6.45, 7) is 3.90. The number of hydrogen-bond acceptors (Lipinski definition) is 3. The third kappa shape index (κ3) is 5.01. The van der Waals surface area contributed by atoms with Gasteiger partial charge in [-0.1, -0.05) is 30.3 Å². The molecule has 0 atom stereocenters. The third-order valence-electron chi connectivity index (χ3n) is 4.66. The Hall–Kier alpha value is -2.54. The zero-order chi connectivity index (χ0) is 19.2. The molecule has 1 fully saturated rings. The summed E-state index contributed by atoms with van der Waals surface area (Å²) in [6, 6.07) is 12.2. The highest BCUT2D eigenvalue weighted by molar-refractivity contribution is 5.76. The maximum atomic E-state index is 13.6. The molecule has 1 aliphatic heterocycles. The van der Waals surface area contributed by atoms with Crippen LogP contribution in [0.1, 0.15) is 12.0 Å². The van der Waals surface area contributed by atoms with Crippen LogP contribution >= 0.6 is 0 Å². The first-order chi connectivity index (χ1) is 13.0. The van der Waals surface area contributed by atoms with Crippen molar-refractivity contribution in [2.45, 2.75) is 13.0 Å². The number of hydrogen-bond donors (Lipinski definition) is 1. The molecule has 0 spiro atoms. The Kier molecular flexibility index (Phi) is 6.34. The molecule has 1 amide bonds. The number of amides is 1. The van der Waals surface area contributed by atoms with Crippen LogP contribution in [-0.4, -0.2) is 48.4 Å². The first kappa shape index (κ1) is 19.2. The first-order valence-electron chi connectivity index (χ1n) is 8.96. The van der Waals surface area contributed by atoms with Gasteiger partial charge in [0.05, 0.1) is 5.69 Å². The molecule has 0 bridgehead atoms. The number of rotatable bonds is 6.